The molecule has 0 bridgehead atoms. The van der Waals surface area contributed by atoms with Gasteiger partial charge in [0.05, 0.1) is 4.91 Å². The summed E-state index contributed by atoms with van der Waals surface area (Å²) in [4.78, 5) is 39.9. The van der Waals surface area contributed by atoms with Gasteiger partial charge < -0.3 is 0 Å². The van der Waals surface area contributed by atoms with E-state index in [0.717, 1.165) is 4.90 Å². The van der Waals surface area contributed by atoms with Crippen molar-refractivity contribution in [3.05, 3.63) is 76.2 Å². The highest BCUT2D eigenvalue weighted by molar-refractivity contribution is 8.04. The van der Waals surface area contributed by atoms with Crippen molar-refractivity contribution < 1.29 is 14.4 Å². The summed E-state index contributed by atoms with van der Waals surface area (Å²) in [5.41, 5.74) is 0.521. The van der Waals surface area contributed by atoms with Crippen molar-refractivity contribution in [2.75, 3.05) is 0 Å². The van der Waals surface area contributed by atoms with Crippen molar-refractivity contribution in [1.82, 2.24) is 0 Å². The van der Waals surface area contributed by atoms with Gasteiger partial charge in [-0.3, -0.25) is 14.4 Å². The lowest BCUT2D eigenvalue weighted by Gasteiger charge is -2.23. The van der Waals surface area contributed by atoms with Crippen LogP contribution in [0.15, 0.2) is 70.0 Å². The van der Waals surface area contributed by atoms with E-state index in [1.165, 1.54) is 11.8 Å². The van der Waals surface area contributed by atoms with E-state index in [1.807, 2.05) is 51.1 Å². The largest absolute Gasteiger partial charge is 0.299 e. The zero-order valence-electron chi connectivity index (χ0n) is 15.0. The number of rotatable bonds is 4. The maximum Gasteiger partial charge on any atom is 0.200 e. The van der Waals surface area contributed by atoms with Crippen molar-refractivity contribution >= 4 is 29.1 Å². The first-order valence-corrected chi connectivity index (χ1v) is 9.28. The lowest BCUT2D eigenvalue weighted by atomic mass is 9.82. The van der Waals surface area contributed by atoms with E-state index in [9.17, 15) is 14.4 Å². The van der Waals surface area contributed by atoms with Crippen LogP contribution in [0.3, 0.4) is 0 Å². The van der Waals surface area contributed by atoms with Crippen LogP contribution >= 0.6 is 11.8 Å². The summed E-state index contributed by atoms with van der Waals surface area (Å²) >= 11 is 1.26. The molecule has 3 nitrogen and oxygen atoms in total. The van der Waals surface area contributed by atoms with Crippen LogP contribution in [0, 0.1) is 5.41 Å². The predicted octanol–water partition coefficient (Wildman–Crippen LogP) is 5.12. The summed E-state index contributed by atoms with van der Waals surface area (Å²) in [6.45, 7) is 5.47. The first kappa shape index (κ1) is 18.3. The van der Waals surface area contributed by atoms with Gasteiger partial charge in [-0.1, -0.05) is 75.0 Å². The van der Waals surface area contributed by atoms with Crippen LogP contribution < -0.4 is 0 Å². The first-order valence-electron chi connectivity index (χ1n) is 8.47. The third kappa shape index (κ3) is 3.56. The van der Waals surface area contributed by atoms with Gasteiger partial charge in [0.25, 0.3) is 0 Å². The number of benzene rings is 2. The van der Waals surface area contributed by atoms with E-state index in [2.05, 4.69) is 0 Å². The molecular weight excluding hydrogens is 344 g/mol. The second-order valence-corrected chi connectivity index (χ2v) is 8.36. The summed E-state index contributed by atoms with van der Waals surface area (Å²) in [5.74, 6) is -0.471. The van der Waals surface area contributed by atoms with Gasteiger partial charge in [-0.15, -0.1) is 0 Å². The number of allylic oxidation sites excluding steroid dienone is 2. The summed E-state index contributed by atoms with van der Waals surface area (Å²) in [5, 5.41) is 0. The maximum absolute atomic E-state index is 13.1. The van der Waals surface area contributed by atoms with Crippen molar-refractivity contribution in [2.24, 2.45) is 5.41 Å². The molecule has 2 aromatic carbocycles. The average molecular weight is 364 g/mol. The van der Waals surface area contributed by atoms with Crippen molar-refractivity contribution in [2.45, 2.75) is 32.1 Å². The van der Waals surface area contributed by atoms with Crippen LogP contribution in [-0.4, -0.2) is 17.3 Å². The normalized spacial score (nSPS) is 14.4. The Balaban J connectivity index is 2.10. The third-order valence-corrected chi connectivity index (χ3v) is 5.45. The molecule has 2 aromatic rings. The molecule has 26 heavy (non-hydrogen) atoms. The van der Waals surface area contributed by atoms with E-state index in [4.69, 9.17) is 0 Å². The number of hydrogen-bond acceptors (Lipinski definition) is 4. The van der Waals surface area contributed by atoms with Crippen LogP contribution in [-0.2, 0) is 4.79 Å². The molecule has 1 aliphatic rings. The molecule has 0 heterocycles. The Labute approximate surface area is 157 Å². The molecule has 0 saturated carbocycles. The van der Waals surface area contributed by atoms with Gasteiger partial charge in [0.2, 0.25) is 5.78 Å². The van der Waals surface area contributed by atoms with E-state index >= 15 is 0 Å². The Morgan fingerprint density at radius 3 is 1.96 bits per heavy atom. The zero-order valence-corrected chi connectivity index (χ0v) is 15.9. The number of ketones is 3. The van der Waals surface area contributed by atoms with Gasteiger partial charge in [-0.25, -0.2) is 0 Å². The van der Waals surface area contributed by atoms with Crippen molar-refractivity contribution in [1.29, 1.82) is 0 Å². The highest BCUT2D eigenvalue weighted by Gasteiger charge is 2.35. The number of carbonyl (C=O) groups excluding carboxylic acids is 3. The Morgan fingerprint density at radius 2 is 1.38 bits per heavy atom. The quantitative estimate of drug-likeness (QED) is 0.756. The molecule has 0 amide bonds. The van der Waals surface area contributed by atoms with E-state index in [0.29, 0.717) is 21.6 Å². The van der Waals surface area contributed by atoms with Gasteiger partial charge in [-0.2, -0.15) is 0 Å². The Hall–Kier alpha value is -2.46. The minimum atomic E-state index is -0.574. The lowest BCUT2D eigenvalue weighted by Crippen LogP contribution is -2.26. The summed E-state index contributed by atoms with van der Waals surface area (Å²) in [6, 6.07) is 16.2. The summed E-state index contributed by atoms with van der Waals surface area (Å²) < 4.78 is 0. The molecule has 3 rings (SSSR count). The monoisotopic (exact) mass is 364 g/mol. The molecule has 132 valence electrons. The zero-order chi connectivity index (χ0) is 18.9. The fourth-order valence-electron chi connectivity index (χ4n) is 2.70. The van der Waals surface area contributed by atoms with Gasteiger partial charge in [0, 0.05) is 33.4 Å². The Kier molecular flexibility index (Phi) is 4.97. The number of carbonyl (C=O) groups is 3. The molecule has 0 spiro atoms. The molecule has 1 aliphatic carbocycles. The standard InChI is InChI=1S/C22H20O3S/c1-22(2,3)18(23)13-17-19(24)15-11-7-8-12-16(15)20(25)21(17)26-14-9-5-4-6-10-14/h4-12H,13H2,1-3H3. The average Bonchev–Trinajstić information content (AvgIpc) is 2.62. The minimum absolute atomic E-state index is 0.0302. The molecule has 0 aliphatic heterocycles. The molecule has 0 N–H and O–H groups in total. The van der Waals surface area contributed by atoms with Crippen LogP contribution in [0.1, 0.15) is 47.9 Å². The van der Waals surface area contributed by atoms with Crippen LogP contribution in [0.2, 0.25) is 0 Å². The fraction of sp³-hybridized carbons (Fsp3) is 0.227. The van der Waals surface area contributed by atoms with E-state index < -0.39 is 5.41 Å². The van der Waals surface area contributed by atoms with Gasteiger partial charge in [0.15, 0.2) is 5.78 Å². The minimum Gasteiger partial charge on any atom is -0.299 e. The molecule has 0 aromatic heterocycles. The van der Waals surface area contributed by atoms with E-state index in [-0.39, 0.29) is 23.8 Å². The van der Waals surface area contributed by atoms with Crippen LogP contribution in [0.4, 0.5) is 0 Å². The van der Waals surface area contributed by atoms with Crippen LogP contribution in [0.25, 0.3) is 0 Å². The highest BCUT2D eigenvalue weighted by Crippen LogP contribution is 2.39. The molecule has 0 fully saturated rings. The van der Waals surface area contributed by atoms with Gasteiger partial charge in [-0.05, 0) is 12.1 Å². The molecule has 0 unspecified atom stereocenters. The van der Waals surface area contributed by atoms with Gasteiger partial charge >= 0.3 is 0 Å². The molecular formula is C22H20O3S. The Bertz CT molecular complexity index is 918. The summed E-state index contributed by atoms with van der Waals surface area (Å²) in [7, 11) is 0. The third-order valence-electron chi connectivity index (χ3n) is 4.31. The predicted molar refractivity (Wildman–Crippen MR) is 104 cm³/mol. The second kappa shape index (κ2) is 7.04. The van der Waals surface area contributed by atoms with Gasteiger partial charge in [0.1, 0.15) is 5.78 Å². The smallest absolute Gasteiger partial charge is 0.200 e. The Morgan fingerprint density at radius 1 is 0.846 bits per heavy atom. The topological polar surface area (TPSA) is 51.2 Å². The number of fused-ring (bicyclic) bond motifs is 1. The molecule has 0 atom stereocenters. The van der Waals surface area contributed by atoms with E-state index in [1.54, 1.807) is 24.3 Å². The number of thioether (sulfide) groups is 1. The molecule has 0 saturated heterocycles. The SMILES string of the molecule is CC(C)(C)C(=O)CC1=C(Sc2ccccc2)C(=O)c2ccccc2C1=O. The first-order chi connectivity index (χ1) is 12.3. The lowest BCUT2D eigenvalue weighted by molar-refractivity contribution is -0.125. The summed E-state index contributed by atoms with van der Waals surface area (Å²) in [6.07, 6.45) is -0.0302. The van der Waals surface area contributed by atoms with Crippen molar-refractivity contribution in [3.63, 3.8) is 0 Å². The fourth-order valence-corrected chi connectivity index (χ4v) is 3.72. The molecule has 0 radical (unpaired) electrons. The van der Waals surface area contributed by atoms with Crippen molar-refractivity contribution in [3.8, 4) is 0 Å². The number of hydrogen-bond donors (Lipinski definition) is 0. The second-order valence-electron chi connectivity index (χ2n) is 7.28. The number of Topliss-reactive ketones (excluding diaryl/α,β-unsaturated/α-hetero) is 3. The van der Waals surface area contributed by atoms with Crippen LogP contribution in [0.5, 0.6) is 0 Å². The molecule has 4 heteroatoms. The maximum atomic E-state index is 13.1. The highest BCUT2D eigenvalue weighted by atomic mass is 32.2.